The van der Waals surface area contributed by atoms with Crippen LogP contribution in [0.4, 0.5) is 11.4 Å². The van der Waals surface area contributed by atoms with Gasteiger partial charge in [0.15, 0.2) is 0 Å². The van der Waals surface area contributed by atoms with Crippen LogP contribution in [-0.2, 0) is 16.1 Å². The lowest BCUT2D eigenvalue weighted by atomic mass is 9.90. The number of rotatable bonds is 9. The lowest BCUT2D eigenvalue weighted by molar-refractivity contribution is -0.136. The molecule has 0 aromatic heterocycles. The van der Waals surface area contributed by atoms with Gasteiger partial charge >= 0.3 is 0 Å². The van der Waals surface area contributed by atoms with E-state index in [9.17, 15) is 9.59 Å². The number of carbonyl (C=O) groups is 2. The van der Waals surface area contributed by atoms with Crippen molar-refractivity contribution < 1.29 is 9.59 Å². The fourth-order valence-electron chi connectivity index (χ4n) is 3.37. The third kappa shape index (κ3) is 8.37. The predicted octanol–water partition coefficient (Wildman–Crippen LogP) is 5.55. The molecule has 1 unspecified atom stereocenters. The smallest absolute Gasteiger partial charge is 0.224 e. The molecule has 0 saturated carbocycles. The Balaban J connectivity index is 3.26. The highest BCUT2D eigenvalue weighted by atomic mass is 16.2. The fourth-order valence-corrected chi connectivity index (χ4v) is 3.37. The number of anilines is 2. The Kier molecular flexibility index (Phi) is 9.38. The molecular weight excluding hydrogens is 374 g/mol. The van der Waals surface area contributed by atoms with Gasteiger partial charge in [-0.25, -0.2) is 0 Å². The molecule has 5 heteroatoms. The molecule has 0 saturated heterocycles. The molecule has 5 nitrogen and oxygen atoms in total. The molecule has 0 radical (unpaired) electrons. The molecule has 1 rings (SSSR count). The lowest BCUT2D eigenvalue weighted by Crippen LogP contribution is -2.42. The molecule has 170 valence electrons. The summed E-state index contributed by atoms with van der Waals surface area (Å²) in [5.74, 6) is 0.848. The van der Waals surface area contributed by atoms with Gasteiger partial charge in [0, 0.05) is 50.9 Å². The average molecular weight is 418 g/mol. The van der Waals surface area contributed by atoms with E-state index in [-0.39, 0.29) is 23.3 Å². The summed E-state index contributed by atoms with van der Waals surface area (Å²) < 4.78 is 0. The van der Waals surface area contributed by atoms with Crippen LogP contribution in [0.15, 0.2) is 18.2 Å². The first-order valence-electron chi connectivity index (χ1n) is 11.1. The minimum absolute atomic E-state index is 0.0183. The second-order valence-electron chi connectivity index (χ2n) is 10.6. The first-order chi connectivity index (χ1) is 13.7. The highest BCUT2D eigenvalue weighted by molar-refractivity contribution is 5.91. The predicted molar refractivity (Wildman–Crippen MR) is 128 cm³/mol. The summed E-state index contributed by atoms with van der Waals surface area (Å²) in [6.45, 7) is 17.3. The molecule has 1 aromatic carbocycles. The Morgan fingerprint density at radius 3 is 2.10 bits per heavy atom. The molecule has 0 aliphatic heterocycles. The van der Waals surface area contributed by atoms with Crippen LogP contribution in [0, 0.1) is 17.3 Å². The van der Waals surface area contributed by atoms with Crippen LogP contribution in [0.3, 0.4) is 0 Å². The van der Waals surface area contributed by atoms with Gasteiger partial charge in [0.05, 0.1) is 0 Å². The Bertz CT molecular complexity index is 718. The molecule has 0 heterocycles. The SMILES string of the molecule is CC(C)CC(=O)Nc1ccc(N(C)C)c(CN(C(=O)CC(C)(C)C)C(C)C(C)C)c1. The largest absolute Gasteiger partial charge is 0.377 e. The van der Waals surface area contributed by atoms with Crippen LogP contribution in [0.25, 0.3) is 0 Å². The van der Waals surface area contributed by atoms with E-state index < -0.39 is 0 Å². The zero-order valence-electron chi connectivity index (χ0n) is 20.8. The zero-order valence-corrected chi connectivity index (χ0v) is 20.8. The van der Waals surface area contributed by atoms with Crippen LogP contribution in [0.5, 0.6) is 0 Å². The van der Waals surface area contributed by atoms with Crippen molar-refractivity contribution >= 4 is 23.2 Å². The van der Waals surface area contributed by atoms with Crippen molar-refractivity contribution in [3.63, 3.8) is 0 Å². The Labute approximate surface area is 184 Å². The first kappa shape index (κ1) is 26.0. The molecular formula is C25H43N3O2. The summed E-state index contributed by atoms with van der Waals surface area (Å²) in [4.78, 5) is 29.5. The van der Waals surface area contributed by atoms with E-state index in [4.69, 9.17) is 0 Å². The number of hydrogen-bond donors (Lipinski definition) is 1. The molecule has 1 atom stereocenters. The van der Waals surface area contributed by atoms with Gasteiger partial charge in [-0.15, -0.1) is 0 Å². The van der Waals surface area contributed by atoms with Crippen molar-refractivity contribution in [2.75, 3.05) is 24.3 Å². The van der Waals surface area contributed by atoms with Gasteiger partial charge in [0.2, 0.25) is 11.8 Å². The van der Waals surface area contributed by atoms with E-state index in [1.54, 1.807) is 0 Å². The molecule has 0 spiro atoms. The number of hydrogen-bond acceptors (Lipinski definition) is 3. The highest BCUT2D eigenvalue weighted by Gasteiger charge is 2.27. The Hall–Kier alpha value is -2.04. The summed E-state index contributed by atoms with van der Waals surface area (Å²) in [6.07, 6.45) is 0.998. The zero-order chi connectivity index (χ0) is 23.2. The Morgan fingerprint density at radius 2 is 1.63 bits per heavy atom. The minimum atomic E-state index is -0.0664. The topological polar surface area (TPSA) is 52.7 Å². The van der Waals surface area contributed by atoms with Crippen molar-refractivity contribution in [1.82, 2.24) is 4.90 Å². The molecule has 1 aromatic rings. The summed E-state index contributed by atoms with van der Waals surface area (Å²) in [5, 5.41) is 3.01. The molecule has 0 fully saturated rings. The molecule has 30 heavy (non-hydrogen) atoms. The maximum absolute atomic E-state index is 13.2. The standard InChI is InChI=1S/C25H43N3O2/c1-17(2)13-23(29)26-21-11-12-22(27(9)10)20(14-21)16-28(19(5)18(3)4)24(30)15-25(6,7)8/h11-12,14,17-19H,13,15-16H2,1-10H3,(H,26,29). The van der Waals surface area contributed by atoms with Gasteiger partial charge in [-0.3, -0.25) is 9.59 Å². The van der Waals surface area contributed by atoms with Crippen LogP contribution in [0.2, 0.25) is 0 Å². The van der Waals surface area contributed by atoms with Gasteiger partial charge in [-0.1, -0.05) is 48.5 Å². The van der Waals surface area contributed by atoms with Gasteiger partial charge in [0.25, 0.3) is 0 Å². The van der Waals surface area contributed by atoms with Crippen molar-refractivity contribution in [1.29, 1.82) is 0 Å². The summed E-state index contributed by atoms with van der Waals surface area (Å²) in [7, 11) is 4.01. The highest BCUT2D eigenvalue weighted by Crippen LogP contribution is 2.28. The fraction of sp³-hybridized carbons (Fsp3) is 0.680. The molecule has 2 amide bonds. The number of nitrogens with zero attached hydrogens (tertiary/aromatic N) is 2. The molecule has 0 aliphatic rings. The van der Waals surface area contributed by atoms with E-state index in [1.165, 1.54) is 0 Å². The van der Waals surface area contributed by atoms with Crippen molar-refractivity contribution in [2.45, 2.75) is 80.8 Å². The molecule has 0 aliphatic carbocycles. The van der Waals surface area contributed by atoms with Crippen LogP contribution in [0.1, 0.15) is 73.8 Å². The minimum Gasteiger partial charge on any atom is -0.377 e. The molecule has 1 N–H and O–H groups in total. The summed E-state index contributed by atoms with van der Waals surface area (Å²) in [5.41, 5.74) is 2.81. The average Bonchev–Trinajstić information content (AvgIpc) is 2.56. The number of amides is 2. The number of carbonyl (C=O) groups excluding carboxylic acids is 2. The van der Waals surface area contributed by atoms with Gasteiger partial charge in [-0.2, -0.15) is 0 Å². The quantitative estimate of drug-likeness (QED) is 0.573. The number of nitrogens with one attached hydrogen (secondary N) is 1. The molecule has 0 bridgehead atoms. The van der Waals surface area contributed by atoms with E-state index in [0.717, 1.165) is 16.9 Å². The van der Waals surface area contributed by atoms with E-state index >= 15 is 0 Å². The van der Waals surface area contributed by atoms with Crippen LogP contribution < -0.4 is 10.2 Å². The maximum Gasteiger partial charge on any atom is 0.224 e. The third-order valence-electron chi connectivity index (χ3n) is 5.24. The third-order valence-corrected chi connectivity index (χ3v) is 5.24. The van der Waals surface area contributed by atoms with E-state index in [1.807, 2.05) is 51.0 Å². The first-order valence-corrected chi connectivity index (χ1v) is 11.1. The second kappa shape index (κ2) is 10.8. The normalized spacial score (nSPS) is 12.8. The monoisotopic (exact) mass is 417 g/mol. The summed E-state index contributed by atoms with van der Waals surface area (Å²) >= 11 is 0. The van der Waals surface area contributed by atoms with Crippen LogP contribution >= 0.6 is 0 Å². The van der Waals surface area contributed by atoms with Gasteiger partial charge in [0.1, 0.15) is 0 Å². The van der Waals surface area contributed by atoms with E-state index in [2.05, 4.69) is 51.8 Å². The van der Waals surface area contributed by atoms with Crippen molar-refractivity contribution in [3.8, 4) is 0 Å². The number of benzene rings is 1. The van der Waals surface area contributed by atoms with Gasteiger partial charge < -0.3 is 15.1 Å². The van der Waals surface area contributed by atoms with Crippen molar-refractivity contribution in [3.05, 3.63) is 23.8 Å². The summed E-state index contributed by atoms with van der Waals surface area (Å²) in [6, 6.07) is 6.09. The van der Waals surface area contributed by atoms with E-state index in [0.29, 0.717) is 31.2 Å². The second-order valence-corrected chi connectivity index (χ2v) is 10.6. The van der Waals surface area contributed by atoms with Crippen molar-refractivity contribution in [2.24, 2.45) is 17.3 Å². The Morgan fingerprint density at radius 1 is 1.03 bits per heavy atom. The maximum atomic E-state index is 13.2. The van der Waals surface area contributed by atoms with Gasteiger partial charge in [-0.05, 0) is 47.9 Å². The lowest BCUT2D eigenvalue weighted by Gasteiger charge is -2.35. The van der Waals surface area contributed by atoms with Crippen LogP contribution in [-0.4, -0.2) is 36.9 Å².